The first-order valence-corrected chi connectivity index (χ1v) is 4.78. The number of aromatic nitrogens is 2. The van der Waals surface area contributed by atoms with Gasteiger partial charge in [-0.1, -0.05) is 0 Å². The number of aliphatic imine (C=N–C) groups is 1. The second kappa shape index (κ2) is 3.31. The van der Waals surface area contributed by atoms with E-state index in [1.54, 1.807) is 18.7 Å². The first kappa shape index (κ1) is 8.35. The fraction of sp³-hybridized carbons (Fsp3) is 0.182. The summed E-state index contributed by atoms with van der Waals surface area (Å²) in [7, 11) is 0. The summed E-state index contributed by atoms with van der Waals surface area (Å²) in [6.45, 7) is 0.720. The molecule has 0 atom stereocenters. The van der Waals surface area contributed by atoms with Crippen LogP contribution in [-0.4, -0.2) is 16.4 Å². The van der Waals surface area contributed by atoms with Gasteiger partial charge >= 0.3 is 0 Å². The molecule has 4 nitrogen and oxygen atoms in total. The lowest BCUT2D eigenvalue weighted by molar-refractivity contribution is 0.564. The van der Waals surface area contributed by atoms with Crippen molar-refractivity contribution in [2.24, 2.45) is 4.99 Å². The van der Waals surface area contributed by atoms with Gasteiger partial charge in [0.05, 0.1) is 31.0 Å². The van der Waals surface area contributed by atoms with Crippen LogP contribution in [0.15, 0.2) is 34.2 Å². The zero-order valence-electron chi connectivity index (χ0n) is 8.05. The molecule has 2 aromatic heterocycles. The van der Waals surface area contributed by atoms with Crippen LogP contribution < -0.4 is 0 Å². The van der Waals surface area contributed by atoms with Gasteiger partial charge < -0.3 is 4.42 Å². The summed E-state index contributed by atoms with van der Waals surface area (Å²) >= 11 is 0. The van der Waals surface area contributed by atoms with E-state index in [4.69, 9.17) is 4.42 Å². The molecule has 74 valence electrons. The summed E-state index contributed by atoms with van der Waals surface area (Å²) in [4.78, 5) is 4.21. The molecular weight excluding hydrogens is 190 g/mol. The average molecular weight is 199 g/mol. The van der Waals surface area contributed by atoms with E-state index in [0.29, 0.717) is 0 Å². The molecule has 0 aromatic carbocycles. The maximum Gasteiger partial charge on any atom is 0.0938 e. The van der Waals surface area contributed by atoms with Crippen LogP contribution in [0, 0.1) is 0 Å². The van der Waals surface area contributed by atoms with Crippen LogP contribution in [0.4, 0.5) is 0 Å². The van der Waals surface area contributed by atoms with E-state index in [1.807, 2.05) is 12.3 Å². The summed E-state index contributed by atoms with van der Waals surface area (Å²) in [6, 6.07) is 1.94. The average Bonchev–Trinajstić information content (AvgIpc) is 2.87. The van der Waals surface area contributed by atoms with Crippen LogP contribution in [0.5, 0.6) is 0 Å². The Bertz CT molecular complexity index is 503. The molecule has 0 radical (unpaired) electrons. The van der Waals surface area contributed by atoms with Crippen molar-refractivity contribution in [3.8, 4) is 0 Å². The Morgan fingerprint density at radius 3 is 3.27 bits per heavy atom. The third-order valence-electron chi connectivity index (χ3n) is 2.50. The summed E-state index contributed by atoms with van der Waals surface area (Å²) in [6.07, 6.45) is 7.77. The zero-order valence-corrected chi connectivity index (χ0v) is 8.05. The third kappa shape index (κ3) is 1.44. The molecule has 1 aliphatic heterocycles. The topological polar surface area (TPSA) is 51.3 Å². The first-order chi connectivity index (χ1) is 7.43. The lowest BCUT2D eigenvalue weighted by Gasteiger charge is -2.02. The summed E-state index contributed by atoms with van der Waals surface area (Å²) in [5, 5.41) is 8.12. The van der Waals surface area contributed by atoms with Crippen LogP contribution in [-0.2, 0) is 13.0 Å². The number of nitrogens with zero attached hydrogens (tertiary/aromatic N) is 3. The predicted octanol–water partition coefficient (Wildman–Crippen LogP) is 1.59. The third-order valence-corrected chi connectivity index (χ3v) is 2.50. The fourth-order valence-corrected chi connectivity index (χ4v) is 1.72. The Hall–Kier alpha value is -1.97. The SMILES string of the molecule is C1=NCc2c1cnnc2Cc1ccoc1. The van der Waals surface area contributed by atoms with Gasteiger partial charge in [-0.3, -0.25) is 4.99 Å². The molecule has 3 rings (SSSR count). The van der Waals surface area contributed by atoms with Gasteiger partial charge in [-0.25, -0.2) is 0 Å². The quantitative estimate of drug-likeness (QED) is 0.738. The van der Waals surface area contributed by atoms with Gasteiger partial charge in [-0.05, 0) is 11.6 Å². The second-order valence-electron chi connectivity index (χ2n) is 3.50. The van der Waals surface area contributed by atoms with Crippen molar-refractivity contribution >= 4 is 6.21 Å². The lowest BCUT2D eigenvalue weighted by Crippen LogP contribution is -2.01. The maximum atomic E-state index is 5.03. The Morgan fingerprint density at radius 2 is 2.40 bits per heavy atom. The minimum Gasteiger partial charge on any atom is -0.472 e. The highest BCUT2D eigenvalue weighted by Crippen LogP contribution is 2.18. The predicted molar refractivity (Wildman–Crippen MR) is 54.8 cm³/mol. The summed E-state index contributed by atoms with van der Waals surface area (Å²) < 4.78 is 5.03. The van der Waals surface area contributed by atoms with Crippen LogP contribution in [0.1, 0.15) is 22.4 Å². The minimum atomic E-state index is 0.720. The maximum absolute atomic E-state index is 5.03. The number of rotatable bonds is 2. The van der Waals surface area contributed by atoms with Gasteiger partial charge in [-0.2, -0.15) is 10.2 Å². The van der Waals surface area contributed by atoms with Crippen LogP contribution >= 0.6 is 0 Å². The zero-order chi connectivity index (χ0) is 10.1. The molecule has 0 N–H and O–H groups in total. The van der Waals surface area contributed by atoms with E-state index in [0.717, 1.165) is 29.8 Å². The molecule has 4 heteroatoms. The van der Waals surface area contributed by atoms with Crippen molar-refractivity contribution in [3.63, 3.8) is 0 Å². The fourth-order valence-electron chi connectivity index (χ4n) is 1.72. The van der Waals surface area contributed by atoms with Crippen LogP contribution in [0.2, 0.25) is 0 Å². The van der Waals surface area contributed by atoms with E-state index in [2.05, 4.69) is 15.2 Å². The van der Waals surface area contributed by atoms with E-state index >= 15 is 0 Å². The Labute approximate surface area is 86.7 Å². The van der Waals surface area contributed by atoms with Crippen molar-refractivity contribution in [2.45, 2.75) is 13.0 Å². The molecule has 0 saturated carbocycles. The molecule has 0 unspecified atom stereocenters. The van der Waals surface area contributed by atoms with Gasteiger partial charge in [-0.15, -0.1) is 0 Å². The Morgan fingerprint density at radius 1 is 1.40 bits per heavy atom. The Balaban J connectivity index is 1.97. The summed E-state index contributed by atoms with van der Waals surface area (Å²) in [5.74, 6) is 0. The molecule has 2 aromatic rings. The van der Waals surface area contributed by atoms with Gasteiger partial charge in [0.25, 0.3) is 0 Å². The molecule has 1 aliphatic rings. The monoisotopic (exact) mass is 199 g/mol. The number of fused-ring (bicyclic) bond motifs is 1. The number of hydrogen-bond acceptors (Lipinski definition) is 4. The van der Waals surface area contributed by atoms with Crippen LogP contribution in [0.3, 0.4) is 0 Å². The molecule has 0 aliphatic carbocycles. The normalized spacial score (nSPS) is 13.1. The van der Waals surface area contributed by atoms with Gasteiger partial charge in [0.1, 0.15) is 0 Å². The molecule has 15 heavy (non-hydrogen) atoms. The molecule has 0 fully saturated rings. The summed E-state index contributed by atoms with van der Waals surface area (Å²) in [5.41, 5.74) is 4.38. The van der Waals surface area contributed by atoms with Gasteiger partial charge in [0.15, 0.2) is 0 Å². The van der Waals surface area contributed by atoms with Crippen molar-refractivity contribution in [1.82, 2.24) is 10.2 Å². The molecule has 0 spiro atoms. The highest BCUT2D eigenvalue weighted by atomic mass is 16.3. The van der Waals surface area contributed by atoms with E-state index in [1.165, 1.54) is 5.56 Å². The van der Waals surface area contributed by atoms with Gasteiger partial charge in [0.2, 0.25) is 0 Å². The lowest BCUT2D eigenvalue weighted by atomic mass is 10.1. The van der Waals surface area contributed by atoms with Crippen molar-refractivity contribution in [2.75, 3.05) is 0 Å². The van der Waals surface area contributed by atoms with E-state index in [-0.39, 0.29) is 0 Å². The highest BCUT2D eigenvalue weighted by molar-refractivity contribution is 5.84. The Kier molecular flexibility index (Phi) is 1.84. The molecule has 0 bridgehead atoms. The largest absolute Gasteiger partial charge is 0.472 e. The minimum absolute atomic E-state index is 0.720. The smallest absolute Gasteiger partial charge is 0.0938 e. The standard InChI is InChI=1S/C11H9N3O/c1-2-15-7-8(1)3-11-10-6-12-4-9(10)5-13-14-11/h1-2,4-5,7H,3,6H2. The van der Waals surface area contributed by atoms with Crippen molar-refractivity contribution < 1.29 is 4.42 Å². The second-order valence-corrected chi connectivity index (χ2v) is 3.50. The van der Waals surface area contributed by atoms with E-state index in [9.17, 15) is 0 Å². The first-order valence-electron chi connectivity index (χ1n) is 4.78. The highest BCUT2D eigenvalue weighted by Gasteiger charge is 2.13. The number of hydrogen-bond donors (Lipinski definition) is 0. The molecule has 0 amide bonds. The van der Waals surface area contributed by atoms with Crippen LogP contribution in [0.25, 0.3) is 0 Å². The molecule has 3 heterocycles. The molecule has 0 saturated heterocycles. The number of furan rings is 1. The van der Waals surface area contributed by atoms with Crippen molar-refractivity contribution in [3.05, 3.63) is 47.2 Å². The van der Waals surface area contributed by atoms with E-state index < -0.39 is 0 Å². The van der Waals surface area contributed by atoms with Crippen molar-refractivity contribution in [1.29, 1.82) is 0 Å². The van der Waals surface area contributed by atoms with Gasteiger partial charge in [0, 0.05) is 23.8 Å². The molecular formula is C11H9N3O.